The number of carbonyl (C=O) groups is 4. The summed E-state index contributed by atoms with van der Waals surface area (Å²) in [5.74, 6) is -2.88. The Morgan fingerprint density at radius 1 is 0.641 bits per heavy atom. The van der Waals surface area contributed by atoms with Crippen LogP contribution in [0.25, 0.3) is 0 Å². The van der Waals surface area contributed by atoms with Gasteiger partial charge in [-0.2, -0.15) is 0 Å². The summed E-state index contributed by atoms with van der Waals surface area (Å²) >= 11 is 0. The molecule has 0 radical (unpaired) electrons. The maximum Gasteiger partial charge on any atom is 1.00 e. The van der Waals surface area contributed by atoms with E-state index in [-0.39, 0.29) is 124 Å². The number of carboxylic acid groups (broad SMARTS) is 1. The van der Waals surface area contributed by atoms with Gasteiger partial charge in [0, 0.05) is 35.5 Å². The summed E-state index contributed by atoms with van der Waals surface area (Å²) in [4.78, 5) is 48.4. The summed E-state index contributed by atoms with van der Waals surface area (Å²) in [6, 6.07) is 0. The van der Waals surface area contributed by atoms with Gasteiger partial charge in [0.25, 0.3) is 0 Å². The van der Waals surface area contributed by atoms with Gasteiger partial charge in [-0.25, -0.2) is 9.59 Å². The predicted octanol–water partition coefficient (Wildman–Crippen LogP) is 8.06. The van der Waals surface area contributed by atoms with Gasteiger partial charge in [0.05, 0.1) is 71.9 Å². The van der Waals surface area contributed by atoms with E-state index in [1.165, 1.54) is 34.2 Å². The number of cyclic esters (lactones) is 2. The fourth-order valence-corrected chi connectivity index (χ4v) is 11.7. The van der Waals surface area contributed by atoms with Gasteiger partial charge in [0.15, 0.2) is 0 Å². The molecule has 2 unspecified atom stereocenters. The summed E-state index contributed by atoms with van der Waals surface area (Å²) in [6.07, 6.45) is 15.2. The van der Waals surface area contributed by atoms with Crippen molar-refractivity contribution in [1.29, 1.82) is 0 Å². The van der Waals surface area contributed by atoms with E-state index in [9.17, 15) is 43.6 Å². The number of carboxylic acids is 1. The first kappa shape index (κ1) is 71.3. The summed E-state index contributed by atoms with van der Waals surface area (Å²) in [7, 11) is -2.06. The number of carbonyl (C=O) groups excluding carboxylic acids is 3. The van der Waals surface area contributed by atoms with Crippen LogP contribution in [0.4, 0.5) is 0 Å². The Labute approximate surface area is 471 Å². The molecular formula is C55H81LiO20P2. The molecule has 20 nitrogen and oxygen atoms in total. The van der Waals surface area contributed by atoms with Crippen molar-refractivity contribution >= 4 is 39.1 Å². The molecule has 78 heavy (non-hydrogen) atoms. The second-order valence-electron chi connectivity index (χ2n) is 18.0. The summed E-state index contributed by atoms with van der Waals surface area (Å²) in [5.41, 5.74) is 5.73. The van der Waals surface area contributed by atoms with Crippen LogP contribution >= 0.6 is 15.2 Å². The fraction of sp³-hybridized carbons (Fsp3) is 0.564. The summed E-state index contributed by atoms with van der Waals surface area (Å²) in [5, 5.41) is 31.2. The van der Waals surface area contributed by atoms with E-state index in [1.807, 2.05) is 39.8 Å². The number of hydrogen-bond donors (Lipinski definition) is 3. The van der Waals surface area contributed by atoms with Crippen molar-refractivity contribution < 1.29 is 114 Å². The van der Waals surface area contributed by atoms with Crippen molar-refractivity contribution in [3.8, 4) is 23.0 Å². The smallest absolute Gasteiger partial charge is 0.870 e. The number of benzene rings is 2. The largest absolute Gasteiger partial charge is 1.00 e. The molecule has 4 N–H and O–H groups in total. The maximum absolute atomic E-state index is 12.6. The third-order valence-corrected chi connectivity index (χ3v) is 16.5. The molecule has 1 fully saturated rings. The van der Waals surface area contributed by atoms with E-state index in [0.717, 1.165) is 35.5 Å². The van der Waals surface area contributed by atoms with Crippen molar-refractivity contribution in [2.45, 2.75) is 120 Å². The van der Waals surface area contributed by atoms with Gasteiger partial charge in [-0.1, -0.05) is 47.6 Å². The summed E-state index contributed by atoms with van der Waals surface area (Å²) < 4.78 is 77.2. The average Bonchev–Trinajstić information content (AvgIpc) is 4.19. The Balaban J connectivity index is 0.000000697. The summed E-state index contributed by atoms with van der Waals surface area (Å²) in [6.45, 7) is 17.6. The van der Waals surface area contributed by atoms with Crippen molar-refractivity contribution in [2.24, 2.45) is 11.8 Å². The van der Waals surface area contributed by atoms with E-state index >= 15 is 0 Å². The van der Waals surface area contributed by atoms with Crippen molar-refractivity contribution in [3.05, 3.63) is 92.1 Å². The zero-order valence-corrected chi connectivity index (χ0v) is 49.4. The van der Waals surface area contributed by atoms with Crippen LogP contribution in [0.1, 0.15) is 134 Å². The van der Waals surface area contributed by atoms with Crippen LogP contribution in [0, 0.1) is 25.7 Å². The quantitative estimate of drug-likeness (QED) is 0.0239. The average molecular weight is 1130 g/mol. The molecule has 0 spiro atoms. The number of allylic oxidation sites excluding steroid dienone is 8. The molecule has 1 saturated heterocycles. The third-order valence-electron chi connectivity index (χ3n) is 12.6. The molecule has 2 aromatic carbocycles. The Morgan fingerprint density at radius 3 is 1.33 bits per heavy atom. The standard InChI is InChI=1S/C26H37O9P.C25H35O9P.C4H8O.Li.H2O/c1-7-34-36(30,35-8-2)14-10-9-11-19(25(28)32-6)15-17(3)12-13-20-23(27)22-21(16-33-26(22)29)18(4)24(20)31-5;1-6-33-35(30,34-7-2)13-9-8-10-18(24(27)28)14-16(3)11-12-19-22(26)21-20(15-32-25(21)29)17(4)23(19)31-5;1-2-4-5-3-1;;/h9-10,12,19,27H,7-8,11,13-16H2,1-6H3;8-9,11,18,26H,6-7,10,12-15H2,1-5H3,(H,27,28);1-4H2;;1H2/q;;;+1;/p-1/b10-9+,17-12+;9-8+,16-11+;;;. The number of aliphatic carboxylic acids is 1. The molecule has 3 heterocycles. The van der Waals surface area contributed by atoms with E-state index in [4.69, 9.17) is 46.5 Å². The van der Waals surface area contributed by atoms with Crippen molar-refractivity contribution in [3.63, 3.8) is 0 Å². The number of phenolic OH excluding ortho intramolecular Hbond substituents is 2. The van der Waals surface area contributed by atoms with Gasteiger partial charge in [-0.05, 0) is 118 Å². The van der Waals surface area contributed by atoms with Gasteiger partial charge in [0.2, 0.25) is 0 Å². The Hall–Kier alpha value is -4.70. The van der Waals surface area contributed by atoms with Gasteiger partial charge < -0.3 is 67.3 Å². The molecule has 0 aromatic heterocycles. The van der Waals surface area contributed by atoms with Crippen LogP contribution in [0.3, 0.4) is 0 Å². The Bertz CT molecular complexity index is 2500. The molecule has 23 heteroatoms. The maximum atomic E-state index is 12.6. The number of esters is 3. The number of methoxy groups -OCH3 is 3. The molecule has 0 saturated carbocycles. The Kier molecular flexibility index (Phi) is 32.7. The third kappa shape index (κ3) is 20.8. The number of rotatable bonds is 28. The van der Waals surface area contributed by atoms with E-state index < -0.39 is 44.9 Å². The number of phenols is 2. The number of hydrogen-bond acceptors (Lipinski definition) is 19. The first-order valence-corrected chi connectivity index (χ1v) is 29.1. The zero-order chi connectivity index (χ0) is 56.6. The minimum Gasteiger partial charge on any atom is -0.870 e. The molecular weight excluding hydrogens is 1050 g/mol. The molecule has 0 amide bonds. The first-order chi connectivity index (χ1) is 36.2. The second-order valence-corrected chi connectivity index (χ2v) is 22.2. The molecule has 0 bridgehead atoms. The van der Waals surface area contributed by atoms with Crippen LogP contribution in [-0.4, -0.2) is 118 Å². The van der Waals surface area contributed by atoms with Crippen LogP contribution in [0.2, 0.25) is 0 Å². The molecule has 3 aliphatic rings. The molecule has 2 aromatic rings. The molecule has 0 aliphatic carbocycles. The molecule has 2 atom stereocenters. The number of ether oxygens (including phenoxy) is 6. The fourth-order valence-electron chi connectivity index (χ4n) is 8.76. The SMILES string of the molecule is C1CCOC1.CCOP(=O)(C/C=C/CC(C/C(C)=C/Cc1c(O)c2c(c(C)c1OC)COC2=O)C(=O)O)OCC.CCOP(=O)(C/C=C/CC(C/C(C)=C/Cc1c(O)c2c(c(C)c1OC)COC2=O)C(=O)OC)OCC.[Li+].[OH-]. The zero-order valence-electron chi connectivity index (χ0n) is 47.6. The van der Waals surface area contributed by atoms with Gasteiger partial charge in [0.1, 0.15) is 47.3 Å². The van der Waals surface area contributed by atoms with Crippen LogP contribution in [0.15, 0.2) is 47.6 Å². The Morgan fingerprint density at radius 2 is 1.01 bits per heavy atom. The minimum absolute atomic E-state index is 0. The van der Waals surface area contributed by atoms with Crippen LogP contribution in [-0.2, 0) is 81.8 Å². The van der Waals surface area contributed by atoms with E-state index in [0.29, 0.717) is 53.0 Å². The van der Waals surface area contributed by atoms with Crippen LogP contribution in [0.5, 0.6) is 23.0 Å². The number of fused-ring (bicyclic) bond motifs is 2. The molecule has 432 valence electrons. The monoisotopic (exact) mass is 1130 g/mol. The number of aromatic hydroxyl groups is 2. The van der Waals surface area contributed by atoms with Crippen molar-refractivity contribution in [1.82, 2.24) is 0 Å². The van der Waals surface area contributed by atoms with E-state index in [2.05, 4.69) is 0 Å². The first-order valence-electron chi connectivity index (χ1n) is 25.6. The topological polar surface area (TPSA) is 285 Å². The molecule has 3 aliphatic heterocycles. The van der Waals surface area contributed by atoms with Crippen LogP contribution < -0.4 is 28.3 Å². The molecule has 5 rings (SSSR count). The van der Waals surface area contributed by atoms with Gasteiger partial charge >= 0.3 is 57.9 Å². The van der Waals surface area contributed by atoms with Gasteiger partial charge in [-0.3, -0.25) is 18.7 Å². The normalized spacial score (nSPS) is 14.9. The van der Waals surface area contributed by atoms with E-state index in [1.54, 1.807) is 52.0 Å². The predicted molar refractivity (Wildman–Crippen MR) is 289 cm³/mol. The minimum atomic E-state index is -3.22. The van der Waals surface area contributed by atoms with Gasteiger partial charge in [-0.15, -0.1) is 0 Å². The van der Waals surface area contributed by atoms with Crippen molar-refractivity contribution in [2.75, 3.05) is 73.3 Å². The second kappa shape index (κ2) is 35.8.